The van der Waals surface area contributed by atoms with Gasteiger partial charge in [0.1, 0.15) is 12.1 Å². The van der Waals surface area contributed by atoms with Crippen LogP contribution in [0.4, 0.5) is 0 Å². The first-order valence-electron chi connectivity index (χ1n) is 24.1. The summed E-state index contributed by atoms with van der Waals surface area (Å²) in [6.45, 7) is 4.84. The number of carboxylic acid groups (broad SMARTS) is 1. The van der Waals surface area contributed by atoms with Gasteiger partial charge in [-0.25, -0.2) is 4.79 Å². The van der Waals surface area contributed by atoms with Gasteiger partial charge in [0.15, 0.2) is 0 Å². The lowest BCUT2D eigenvalue weighted by molar-refractivity contribution is -0.150. The molecule has 0 fully saturated rings. The molecule has 1 amide bonds. The second-order valence-electron chi connectivity index (χ2n) is 16.1. The first kappa shape index (κ1) is 55.1. The molecule has 0 aliphatic rings. The molecule has 0 rings (SSSR count). The van der Waals surface area contributed by atoms with Gasteiger partial charge in [0.2, 0.25) is 5.91 Å². The van der Waals surface area contributed by atoms with Crippen molar-refractivity contribution in [2.45, 2.75) is 238 Å². The lowest BCUT2D eigenvalue weighted by Gasteiger charge is -2.18. The molecule has 0 saturated carbocycles. The fourth-order valence-electron chi connectivity index (χ4n) is 7.01. The number of hydrogen-bond acceptors (Lipinski definition) is 5. The highest BCUT2D eigenvalue weighted by molar-refractivity contribution is 5.83. The van der Waals surface area contributed by atoms with Crippen LogP contribution < -0.4 is 11.1 Å². The van der Waals surface area contributed by atoms with E-state index in [0.29, 0.717) is 32.2 Å². The van der Waals surface area contributed by atoms with E-state index in [1.165, 1.54) is 77.0 Å². The first-order chi connectivity index (χ1) is 28.4. The summed E-state index contributed by atoms with van der Waals surface area (Å²) in [7, 11) is 0. The number of nitrogens with one attached hydrogen (secondary N) is 1. The van der Waals surface area contributed by atoms with Crippen LogP contribution in [0.3, 0.4) is 0 Å². The zero-order valence-electron chi connectivity index (χ0n) is 37.6. The van der Waals surface area contributed by atoms with Crippen molar-refractivity contribution in [2.24, 2.45) is 5.73 Å². The van der Waals surface area contributed by atoms with Crippen LogP contribution in [0.25, 0.3) is 0 Å². The van der Waals surface area contributed by atoms with E-state index in [-0.39, 0.29) is 18.0 Å². The number of carboxylic acids is 1. The molecule has 0 spiro atoms. The predicted octanol–water partition coefficient (Wildman–Crippen LogP) is 14.1. The number of unbranched alkanes of at least 4 members (excludes halogenated alkanes) is 19. The Labute approximate surface area is 357 Å². The molecule has 0 bridgehead atoms. The quantitative estimate of drug-likeness (QED) is 0.0321. The van der Waals surface area contributed by atoms with Crippen molar-refractivity contribution in [1.82, 2.24) is 5.32 Å². The molecule has 7 heteroatoms. The summed E-state index contributed by atoms with van der Waals surface area (Å²) in [6.07, 6.45) is 56.9. The Bertz CT molecular complexity index is 1090. The van der Waals surface area contributed by atoms with E-state index >= 15 is 0 Å². The van der Waals surface area contributed by atoms with E-state index in [0.717, 1.165) is 109 Å². The Morgan fingerprint density at radius 3 is 1.43 bits per heavy atom. The van der Waals surface area contributed by atoms with Gasteiger partial charge in [-0.15, -0.1) is 0 Å². The minimum absolute atomic E-state index is 0.00578. The molecule has 0 saturated heterocycles. The van der Waals surface area contributed by atoms with Gasteiger partial charge in [-0.1, -0.05) is 177 Å². The van der Waals surface area contributed by atoms with Gasteiger partial charge in [-0.2, -0.15) is 0 Å². The van der Waals surface area contributed by atoms with Gasteiger partial charge < -0.3 is 20.9 Å². The molecule has 0 aromatic heterocycles. The third kappa shape index (κ3) is 41.2. The molecule has 0 heterocycles. The summed E-state index contributed by atoms with van der Waals surface area (Å²) in [5.41, 5.74) is 5.49. The SMILES string of the molecule is CC/C=C\C/C=C\C/C=C\C/C=C\C/C=C\CCCCCC(=O)OC(CCCCCCCCCCCCCCC)CCCCCCCC(=O)NC(CCCN)C(=O)O. The van der Waals surface area contributed by atoms with Gasteiger partial charge in [-0.05, 0) is 103 Å². The van der Waals surface area contributed by atoms with Gasteiger partial charge >= 0.3 is 11.9 Å². The zero-order chi connectivity index (χ0) is 42.4. The standard InChI is InChI=1S/C51H90N2O5/c1-3-5-7-9-11-13-15-17-18-19-20-21-22-24-26-28-30-35-39-45-50(55)58-47(41-36-32-29-27-25-23-16-14-12-10-8-6-4-2)42-37-33-31-34-38-44-49(54)53-48(51(56)57)43-40-46-52/h5,7,11,13,17-18,20-21,24,26,47-48H,3-4,6,8-10,12,14-16,19,22-23,25,27-46,52H2,1-2H3,(H,53,54)(H,56,57)/b7-5-,13-11-,18-17-,21-20-,26-24-. The number of hydrogen-bond donors (Lipinski definition) is 3. The van der Waals surface area contributed by atoms with Crippen LogP contribution in [0.5, 0.6) is 0 Å². The number of nitrogens with two attached hydrogens (primary N) is 1. The van der Waals surface area contributed by atoms with Crippen LogP contribution in [-0.2, 0) is 19.1 Å². The van der Waals surface area contributed by atoms with Crippen molar-refractivity contribution in [3.63, 3.8) is 0 Å². The Balaban J connectivity index is 4.37. The molecule has 0 aromatic rings. The van der Waals surface area contributed by atoms with Crippen molar-refractivity contribution in [1.29, 1.82) is 0 Å². The number of allylic oxidation sites excluding steroid dienone is 10. The zero-order valence-corrected chi connectivity index (χ0v) is 37.6. The highest BCUT2D eigenvalue weighted by atomic mass is 16.5. The highest BCUT2D eigenvalue weighted by Gasteiger charge is 2.19. The van der Waals surface area contributed by atoms with Gasteiger partial charge in [0.25, 0.3) is 0 Å². The molecule has 334 valence electrons. The van der Waals surface area contributed by atoms with Crippen molar-refractivity contribution in [2.75, 3.05) is 6.54 Å². The largest absolute Gasteiger partial charge is 0.480 e. The fraction of sp³-hybridized carbons (Fsp3) is 0.745. The maximum atomic E-state index is 12.8. The van der Waals surface area contributed by atoms with Gasteiger partial charge in [0, 0.05) is 12.8 Å². The summed E-state index contributed by atoms with van der Waals surface area (Å²) >= 11 is 0. The summed E-state index contributed by atoms with van der Waals surface area (Å²) in [4.78, 5) is 36.5. The van der Waals surface area contributed by atoms with E-state index in [1.54, 1.807) is 0 Å². The number of ether oxygens (including phenoxy) is 1. The van der Waals surface area contributed by atoms with Crippen LogP contribution in [0.1, 0.15) is 226 Å². The molecule has 0 aliphatic carbocycles. The van der Waals surface area contributed by atoms with E-state index < -0.39 is 12.0 Å². The average Bonchev–Trinajstić information content (AvgIpc) is 3.21. The molecule has 2 unspecified atom stereocenters. The van der Waals surface area contributed by atoms with E-state index in [1.807, 2.05) is 0 Å². The Morgan fingerprint density at radius 1 is 0.517 bits per heavy atom. The number of carbonyl (C=O) groups excluding carboxylic acids is 2. The summed E-state index contributed by atoms with van der Waals surface area (Å²) in [5, 5.41) is 12.0. The van der Waals surface area contributed by atoms with E-state index in [4.69, 9.17) is 10.5 Å². The number of aliphatic carboxylic acids is 1. The van der Waals surface area contributed by atoms with Gasteiger partial charge in [0.05, 0.1) is 0 Å². The second-order valence-corrected chi connectivity index (χ2v) is 16.1. The topological polar surface area (TPSA) is 119 Å². The summed E-state index contributed by atoms with van der Waals surface area (Å²) in [6, 6.07) is -0.861. The first-order valence-corrected chi connectivity index (χ1v) is 24.1. The minimum atomic E-state index is -1.01. The Hall–Kier alpha value is -2.93. The van der Waals surface area contributed by atoms with Crippen LogP contribution in [0.2, 0.25) is 0 Å². The predicted molar refractivity (Wildman–Crippen MR) is 248 cm³/mol. The molecule has 0 aliphatic heterocycles. The maximum absolute atomic E-state index is 12.8. The monoisotopic (exact) mass is 811 g/mol. The molecule has 0 aromatic carbocycles. The molecule has 58 heavy (non-hydrogen) atoms. The van der Waals surface area contributed by atoms with Crippen LogP contribution in [0, 0.1) is 0 Å². The van der Waals surface area contributed by atoms with Gasteiger partial charge in [-0.3, -0.25) is 9.59 Å². The van der Waals surface area contributed by atoms with Crippen LogP contribution >= 0.6 is 0 Å². The normalized spacial score (nSPS) is 13.2. The van der Waals surface area contributed by atoms with E-state index in [2.05, 4.69) is 79.9 Å². The Kier molecular flexibility index (Phi) is 42.9. The number of amides is 1. The lowest BCUT2D eigenvalue weighted by Crippen LogP contribution is -2.40. The number of esters is 1. The average molecular weight is 811 g/mol. The molecule has 2 atom stereocenters. The van der Waals surface area contributed by atoms with Crippen molar-refractivity contribution < 1.29 is 24.2 Å². The number of rotatable bonds is 43. The van der Waals surface area contributed by atoms with Crippen LogP contribution in [0.15, 0.2) is 60.8 Å². The third-order valence-corrected chi connectivity index (χ3v) is 10.6. The Morgan fingerprint density at radius 2 is 0.948 bits per heavy atom. The maximum Gasteiger partial charge on any atom is 0.326 e. The molecular formula is C51H90N2O5. The van der Waals surface area contributed by atoms with E-state index in [9.17, 15) is 19.5 Å². The third-order valence-electron chi connectivity index (χ3n) is 10.6. The summed E-state index contributed by atoms with van der Waals surface area (Å²) in [5.74, 6) is -1.26. The summed E-state index contributed by atoms with van der Waals surface area (Å²) < 4.78 is 6.06. The molecule has 0 radical (unpaired) electrons. The highest BCUT2D eigenvalue weighted by Crippen LogP contribution is 2.19. The number of carbonyl (C=O) groups is 3. The lowest BCUT2D eigenvalue weighted by atomic mass is 10.0. The second kappa shape index (κ2) is 45.2. The fourth-order valence-corrected chi connectivity index (χ4v) is 7.01. The molecule has 7 nitrogen and oxygen atoms in total. The smallest absolute Gasteiger partial charge is 0.326 e. The molecular weight excluding hydrogens is 721 g/mol. The van der Waals surface area contributed by atoms with Crippen molar-refractivity contribution >= 4 is 17.8 Å². The van der Waals surface area contributed by atoms with Crippen molar-refractivity contribution in [3.8, 4) is 0 Å². The molecule has 4 N–H and O–H groups in total. The van der Waals surface area contributed by atoms with Crippen molar-refractivity contribution in [3.05, 3.63) is 60.8 Å². The van der Waals surface area contributed by atoms with Crippen LogP contribution in [-0.4, -0.2) is 41.6 Å². The minimum Gasteiger partial charge on any atom is -0.480 e.